The zero-order valence-corrected chi connectivity index (χ0v) is 35.8. The first-order valence-corrected chi connectivity index (χ1v) is 20.9. The van der Waals surface area contributed by atoms with Crippen LogP contribution in [0.4, 0.5) is 0 Å². The van der Waals surface area contributed by atoms with E-state index in [-0.39, 0.29) is 53.6 Å². The maximum absolute atomic E-state index is 14.0. The van der Waals surface area contributed by atoms with Crippen molar-refractivity contribution < 1.29 is 29.7 Å². The molecule has 0 aromatic heterocycles. The summed E-state index contributed by atoms with van der Waals surface area (Å²) in [6.07, 6.45) is 6.16. The maximum Gasteiger partial charge on any atom is 0.255 e. The lowest BCUT2D eigenvalue weighted by Crippen LogP contribution is -2.29. The van der Waals surface area contributed by atoms with Crippen LogP contribution in [0.2, 0.25) is 0 Å². The summed E-state index contributed by atoms with van der Waals surface area (Å²) in [5, 5.41) is 48.1. The van der Waals surface area contributed by atoms with Gasteiger partial charge in [0.25, 0.3) is 17.7 Å². The number of carbonyl (C=O) groups excluding carboxylic acids is 3. The van der Waals surface area contributed by atoms with E-state index >= 15 is 0 Å². The van der Waals surface area contributed by atoms with Crippen LogP contribution in [0.5, 0.6) is 17.2 Å². The molecule has 0 aliphatic rings. The van der Waals surface area contributed by atoms with Gasteiger partial charge in [0.1, 0.15) is 17.2 Å². The number of fused-ring (bicyclic) bond motifs is 3. The van der Waals surface area contributed by atoms with E-state index in [1.807, 2.05) is 93.6 Å². The fourth-order valence-electron chi connectivity index (χ4n) is 8.78. The molecule has 0 aliphatic carbocycles. The minimum Gasteiger partial charge on any atom is -0.507 e. The Morgan fingerprint density at radius 2 is 0.698 bits per heavy atom. The molecule has 7 aromatic rings. The summed E-state index contributed by atoms with van der Waals surface area (Å²) in [5.41, 5.74) is 6.93. The highest BCUT2D eigenvalue weighted by molar-refractivity contribution is 6.05. The molecule has 9 heteroatoms. The Morgan fingerprint density at radius 1 is 0.444 bits per heavy atom. The van der Waals surface area contributed by atoms with Crippen molar-refractivity contribution in [2.45, 2.75) is 59.7 Å². The summed E-state index contributed by atoms with van der Waals surface area (Å²) in [7, 11) is 0. The first-order chi connectivity index (χ1) is 30.4. The zero-order valence-electron chi connectivity index (χ0n) is 35.8. The molecule has 9 nitrogen and oxygen atoms in total. The summed E-state index contributed by atoms with van der Waals surface area (Å²) in [6.45, 7) is 17.5. The molecule has 0 radical (unpaired) electrons. The molecule has 0 saturated heterocycles. The number of amides is 3. The van der Waals surface area contributed by atoms with Crippen LogP contribution in [-0.2, 0) is 38.9 Å². The van der Waals surface area contributed by atoms with E-state index in [9.17, 15) is 29.7 Å². The number of rotatable bonds is 15. The second kappa shape index (κ2) is 18.5. The summed E-state index contributed by atoms with van der Waals surface area (Å²) in [4.78, 5) is 41.9. The molecular weight excluding hydrogens is 787 g/mol. The largest absolute Gasteiger partial charge is 0.507 e. The van der Waals surface area contributed by atoms with E-state index in [2.05, 4.69) is 35.7 Å². The molecule has 0 heterocycles. The average Bonchev–Trinajstić information content (AvgIpc) is 3.28. The van der Waals surface area contributed by atoms with Gasteiger partial charge in [0.15, 0.2) is 0 Å². The average molecular weight is 838 g/mol. The molecule has 0 spiro atoms. The minimum atomic E-state index is -0.475. The Kier molecular flexibility index (Phi) is 12.8. The Hall–Kier alpha value is -7.65. The van der Waals surface area contributed by atoms with Crippen LogP contribution in [0, 0.1) is 20.8 Å². The Balaban J connectivity index is 1.25. The van der Waals surface area contributed by atoms with Crippen molar-refractivity contribution in [1.29, 1.82) is 0 Å². The van der Waals surface area contributed by atoms with Gasteiger partial charge in [0.05, 0.1) is 16.7 Å². The number of nitrogens with one attached hydrogen (secondary N) is 3. The van der Waals surface area contributed by atoms with E-state index in [4.69, 9.17) is 0 Å². The summed E-state index contributed by atoms with van der Waals surface area (Å²) in [6, 6.07) is 27.7. The number of phenolic OH excluding ortho intramolecular Hbond substituents is 3. The molecule has 0 aliphatic heterocycles. The van der Waals surface area contributed by atoms with E-state index in [0.717, 1.165) is 65.7 Å². The third-order valence-corrected chi connectivity index (χ3v) is 12.2. The smallest absolute Gasteiger partial charge is 0.255 e. The number of allylic oxidation sites excluding steroid dienone is 3. The van der Waals surface area contributed by atoms with Gasteiger partial charge in [0.2, 0.25) is 0 Å². The third-order valence-electron chi connectivity index (χ3n) is 12.2. The van der Waals surface area contributed by atoms with Crippen molar-refractivity contribution in [3.8, 4) is 17.2 Å². The van der Waals surface area contributed by atoms with Crippen molar-refractivity contribution in [3.05, 3.63) is 196 Å². The lowest BCUT2D eigenvalue weighted by atomic mass is 9.87. The second-order valence-corrected chi connectivity index (χ2v) is 15.8. The van der Waals surface area contributed by atoms with Crippen LogP contribution in [0.3, 0.4) is 0 Å². The third kappa shape index (κ3) is 8.38. The maximum atomic E-state index is 14.0. The molecule has 0 atom stereocenters. The van der Waals surface area contributed by atoms with Crippen LogP contribution in [-0.4, -0.2) is 33.0 Å². The lowest BCUT2D eigenvalue weighted by molar-refractivity contribution is 0.0940. The predicted molar refractivity (Wildman–Crippen MR) is 253 cm³/mol. The molecule has 0 saturated carbocycles. The predicted octanol–water partition coefficient (Wildman–Crippen LogP) is 10.2. The normalized spacial score (nSPS) is 11.1. The number of benzene rings is 7. The first-order valence-electron chi connectivity index (χ1n) is 20.9. The van der Waals surface area contributed by atoms with Gasteiger partial charge in [-0.25, -0.2) is 0 Å². The van der Waals surface area contributed by atoms with Crippen LogP contribution < -0.4 is 16.0 Å². The van der Waals surface area contributed by atoms with Crippen molar-refractivity contribution in [3.63, 3.8) is 0 Å². The standard InChI is InChI=1S/C54H51N3O6/c1-7-16-40-37-22-13-10-19-34(37)25-43(49(40)58)52(61)55-28-46-31(4)47(29-56-53(62)44-26-35-20-11-14-23-38(35)41(17-8-2)50(44)59)33(6)48(32(46)5)30-57-54(63)45-27-36-21-12-15-24-39(36)42(18-9-3)51(45)60/h7-15,19-27,58-60H,1-3,16-18,28-30H2,4-6H3,(H,55,61)(H,56,62)(H,57,63). The highest BCUT2D eigenvalue weighted by Gasteiger charge is 2.24. The zero-order chi connectivity index (χ0) is 44.9. The van der Waals surface area contributed by atoms with Gasteiger partial charge in [-0.1, -0.05) is 91.0 Å². The summed E-state index contributed by atoms with van der Waals surface area (Å²) >= 11 is 0. The molecule has 6 N–H and O–H groups in total. The van der Waals surface area contributed by atoms with Gasteiger partial charge in [-0.2, -0.15) is 0 Å². The highest BCUT2D eigenvalue weighted by Crippen LogP contribution is 2.36. The molecule has 63 heavy (non-hydrogen) atoms. The van der Waals surface area contributed by atoms with Crippen LogP contribution in [0.1, 0.15) is 81.1 Å². The fraction of sp³-hybridized carbons (Fsp3) is 0.167. The fourth-order valence-corrected chi connectivity index (χ4v) is 8.78. The Bertz CT molecular complexity index is 2680. The molecule has 0 fully saturated rings. The monoisotopic (exact) mass is 837 g/mol. The van der Waals surface area contributed by atoms with Crippen molar-refractivity contribution >= 4 is 50.0 Å². The summed E-state index contributed by atoms with van der Waals surface area (Å²) < 4.78 is 0. The Labute approximate surface area is 367 Å². The van der Waals surface area contributed by atoms with Gasteiger partial charge in [-0.3, -0.25) is 14.4 Å². The molecule has 0 bridgehead atoms. The lowest BCUT2D eigenvalue weighted by Gasteiger charge is -2.24. The van der Waals surface area contributed by atoms with E-state index < -0.39 is 17.7 Å². The number of hydrogen-bond acceptors (Lipinski definition) is 6. The number of hydrogen-bond donors (Lipinski definition) is 6. The van der Waals surface area contributed by atoms with Gasteiger partial charge in [-0.15, -0.1) is 19.7 Å². The van der Waals surface area contributed by atoms with Crippen LogP contribution >= 0.6 is 0 Å². The molecule has 7 aromatic carbocycles. The molecule has 318 valence electrons. The van der Waals surface area contributed by atoms with Gasteiger partial charge >= 0.3 is 0 Å². The molecule has 3 amide bonds. The minimum absolute atomic E-state index is 0.0640. The van der Waals surface area contributed by atoms with E-state index in [0.29, 0.717) is 36.0 Å². The Morgan fingerprint density at radius 3 is 0.952 bits per heavy atom. The SMILES string of the molecule is C=CCc1c(O)c(C(=O)NCc2c(C)c(CNC(=O)c3cc4ccccc4c(CC=C)c3O)c(C)c(CNC(=O)c3cc4ccccc4c(CC=C)c3O)c2C)cc2ccccc12. The van der Waals surface area contributed by atoms with Gasteiger partial charge in [-0.05, 0) is 124 Å². The van der Waals surface area contributed by atoms with E-state index in [1.165, 1.54) is 0 Å². The molecule has 7 rings (SSSR count). The molecule has 0 unspecified atom stereocenters. The molecular formula is C54H51N3O6. The number of carbonyl (C=O) groups is 3. The van der Waals surface area contributed by atoms with Crippen molar-refractivity contribution in [2.75, 3.05) is 0 Å². The summed E-state index contributed by atoms with van der Waals surface area (Å²) in [5.74, 6) is -1.77. The number of aromatic hydroxyl groups is 3. The number of phenols is 3. The quantitative estimate of drug-likeness (QED) is 0.0567. The van der Waals surface area contributed by atoms with Gasteiger partial charge in [0, 0.05) is 36.3 Å². The topological polar surface area (TPSA) is 148 Å². The van der Waals surface area contributed by atoms with Crippen molar-refractivity contribution in [1.82, 2.24) is 16.0 Å². The van der Waals surface area contributed by atoms with Crippen molar-refractivity contribution in [2.24, 2.45) is 0 Å². The van der Waals surface area contributed by atoms with Gasteiger partial charge < -0.3 is 31.3 Å². The van der Waals surface area contributed by atoms with Crippen LogP contribution in [0.15, 0.2) is 129 Å². The second-order valence-electron chi connectivity index (χ2n) is 15.8. The van der Waals surface area contributed by atoms with Crippen LogP contribution in [0.25, 0.3) is 32.3 Å². The van der Waals surface area contributed by atoms with E-state index in [1.54, 1.807) is 36.4 Å². The highest BCUT2D eigenvalue weighted by atomic mass is 16.3. The first kappa shape index (κ1) is 43.4.